The minimum atomic E-state index is -0.553. The van der Waals surface area contributed by atoms with Gasteiger partial charge in [-0.1, -0.05) is 54.6 Å². The molecule has 1 aliphatic rings. The Balaban J connectivity index is 1.68. The molecule has 0 bridgehead atoms. The predicted octanol–water partition coefficient (Wildman–Crippen LogP) is 4.03. The molecule has 4 rings (SSSR count). The van der Waals surface area contributed by atoms with Gasteiger partial charge in [-0.05, 0) is 29.8 Å². The number of thioether (sulfide) groups is 1. The summed E-state index contributed by atoms with van der Waals surface area (Å²) in [5, 5.41) is 11.7. The molecule has 0 saturated carbocycles. The molecule has 2 atom stereocenters. The van der Waals surface area contributed by atoms with Gasteiger partial charge >= 0.3 is 0 Å². The smallest absolute Gasteiger partial charge is 0.240 e. The fourth-order valence-electron chi connectivity index (χ4n) is 3.01. The van der Waals surface area contributed by atoms with Crippen molar-refractivity contribution in [2.24, 2.45) is 0 Å². The van der Waals surface area contributed by atoms with Crippen molar-refractivity contribution in [1.82, 2.24) is 14.9 Å². The summed E-state index contributed by atoms with van der Waals surface area (Å²) >= 11 is 7.49. The highest BCUT2D eigenvalue weighted by atomic mass is 35.5. The first-order valence-corrected chi connectivity index (χ1v) is 10.0. The van der Waals surface area contributed by atoms with Crippen molar-refractivity contribution in [1.29, 1.82) is 0 Å². The molecular weight excluding hydrogens is 401 g/mol. The molecule has 0 unspecified atom stereocenters. The maximum atomic E-state index is 13.4. The van der Waals surface area contributed by atoms with Crippen LogP contribution in [0.3, 0.4) is 0 Å². The van der Waals surface area contributed by atoms with Crippen molar-refractivity contribution < 1.29 is 9.18 Å². The van der Waals surface area contributed by atoms with Gasteiger partial charge in [0, 0.05) is 6.42 Å². The Bertz CT molecular complexity index is 1010. The number of hydrogen-bond acceptors (Lipinski definition) is 5. The SMILES string of the molecule is CCc1nnc2n1N[C@H](c1ccc(F)cc1)[C@H](C(=O)Nc1ccccc1Cl)S2. The second-order valence-corrected chi connectivity index (χ2v) is 7.77. The van der Waals surface area contributed by atoms with Crippen LogP contribution < -0.4 is 10.7 Å². The Morgan fingerprint density at radius 2 is 2.00 bits per heavy atom. The molecular formula is C19H17ClFN5OS. The molecule has 0 saturated heterocycles. The zero-order chi connectivity index (χ0) is 19.7. The maximum absolute atomic E-state index is 13.4. The molecule has 0 radical (unpaired) electrons. The predicted molar refractivity (Wildman–Crippen MR) is 108 cm³/mol. The van der Waals surface area contributed by atoms with E-state index in [0.717, 1.165) is 11.4 Å². The van der Waals surface area contributed by atoms with Gasteiger partial charge in [-0.15, -0.1) is 10.2 Å². The zero-order valence-electron chi connectivity index (χ0n) is 14.9. The van der Waals surface area contributed by atoms with Crippen LogP contribution in [-0.2, 0) is 11.2 Å². The lowest BCUT2D eigenvalue weighted by atomic mass is 10.0. The van der Waals surface area contributed by atoms with Gasteiger partial charge < -0.3 is 10.7 Å². The third-order valence-electron chi connectivity index (χ3n) is 4.44. The van der Waals surface area contributed by atoms with E-state index in [0.29, 0.717) is 22.3 Å². The van der Waals surface area contributed by atoms with Crippen LogP contribution in [-0.4, -0.2) is 26.0 Å². The van der Waals surface area contributed by atoms with E-state index in [1.54, 1.807) is 41.1 Å². The average molecular weight is 418 g/mol. The van der Waals surface area contributed by atoms with Crippen LogP contribution in [0.4, 0.5) is 10.1 Å². The lowest BCUT2D eigenvalue weighted by molar-refractivity contribution is -0.116. The van der Waals surface area contributed by atoms with Crippen molar-refractivity contribution >= 4 is 35.0 Å². The highest BCUT2D eigenvalue weighted by molar-refractivity contribution is 8.00. The van der Waals surface area contributed by atoms with Gasteiger partial charge in [-0.2, -0.15) is 0 Å². The molecule has 0 aliphatic carbocycles. The number of carbonyl (C=O) groups excluding carboxylic acids is 1. The molecule has 0 fully saturated rings. The number of aryl methyl sites for hydroxylation is 1. The molecule has 9 heteroatoms. The van der Waals surface area contributed by atoms with Gasteiger partial charge in [0.15, 0.2) is 5.82 Å². The summed E-state index contributed by atoms with van der Waals surface area (Å²) < 4.78 is 15.2. The van der Waals surface area contributed by atoms with Crippen molar-refractivity contribution in [2.75, 3.05) is 10.7 Å². The van der Waals surface area contributed by atoms with Gasteiger partial charge in [-0.3, -0.25) is 4.79 Å². The van der Waals surface area contributed by atoms with Crippen molar-refractivity contribution in [2.45, 2.75) is 29.8 Å². The summed E-state index contributed by atoms with van der Waals surface area (Å²) in [6.07, 6.45) is 0.688. The molecule has 144 valence electrons. The topological polar surface area (TPSA) is 71.8 Å². The molecule has 28 heavy (non-hydrogen) atoms. The number of aromatic nitrogens is 3. The molecule has 1 aromatic heterocycles. The second kappa shape index (κ2) is 7.81. The number of amides is 1. The number of para-hydroxylation sites is 1. The molecule has 1 aliphatic heterocycles. The van der Waals surface area contributed by atoms with Crippen molar-refractivity contribution in [3.8, 4) is 0 Å². The molecule has 2 aromatic carbocycles. The number of carbonyl (C=O) groups is 1. The van der Waals surface area contributed by atoms with E-state index < -0.39 is 11.3 Å². The lowest BCUT2D eigenvalue weighted by Gasteiger charge is -2.33. The minimum Gasteiger partial charge on any atom is -0.324 e. The molecule has 6 nitrogen and oxygen atoms in total. The molecule has 2 N–H and O–H groups in total. The van der Waals surface area contributed by atoms with E-state index >= 15 is 0 Å². The summed E-state index contributed by atoms with van der Waals surface area (Å²) in [6, 6.07) is 12.8. The molecule has 0 spiro atoms. The summed E-state index contributed by atoms with van der Waals surface area (Å²) in [5.74, 6) is 0.204. The summed E-state index contributed by atoms with van der Waals surface area (Å²) in [6.45, 7) is 1.98. The van der Waals surface area contributed by atoms with E-state index in [2.05, 4.69) is 20.9 Å². The Hall–Kier alpha value is -2.58. The number of nitrogens with one attached hydrogen (secondary N) is 2. The highest BCUT2D eigenvalue weighted by Gasteiger charge is 2.37. The summed E-state index contributed by atoms with van der Waals surface area (Å²) in [5.41, 5.74) is 4.64. The normalized spacial score (nSPS) is 18.2. The van der Waals surface area contributed by atoms with Crippen LogP contribution in [0.2, 0.25) is 5.02 Å². The Kier molecular flexibility index (Phi) is 5.23. The second-order valence-electron chi connectivity index (χ2n) is 6.25. The Morgan fingerprint density at radius 1 is 1.25 bits per heavy atom. The quantitative estimate of drug-likeness (QED) is 0.670. The van der Waals surface area contributed by atoms with Gasteiger partial charge in [0.25, 0.3) is 0 Å². The van der Waals surface area contributed by atoms with Gasteiger partial charge in [0.1, 0.15) is 11.1 Å². The van der Waals surface area contributed by atoms with E-state index in [9.17, 15) is 9.18 Å². The van der Waals surface area contributed by atoms with E-state index in [1.807, 2.05) is 6.92 Å². The number of rotatable bonds is 4. The number of hydrogen-bond donors (Lipinski definition) is 2. The average Bonchev–Trinajstić information content (AvgIpc) is 3.11. The van der Waals surface area contributed by atoms with E-state index in [4.69, 9.17) is 11.6 Å². The first-order chi connectivity index (χ1) is 13.6. The number of nitrogens with zero attached hydrogens (tertiary/aromatic N) is 3. The summed E-state index contributed by atoms with van der Waals surface area (Å²) in [4.78, 5) is 13.1. The first-order valence-electron chi connectivity index (χ1n) is 8.75. The zero-order valence-corrected chi connectivity index (χ0v) is 16.5. The fraction of sp³-hybridized carbons (Fsp3) is 0.211. The largest absolute Gasteiger partial charge is 0.324 e. The van der Waals surface area contributed by atoms with Crippen LogP contribution >= 0.6 is 23.4 Å². The van der Waals surface area contributed by atoms with Crippen molar-refractivity contribution in [3.05, 3.63) is 70.8 Å². The van der Waals surface area contributed by atoms with Gasteiger partial charge in [0.2, 0.25) is 11.1 Å². The molecule has 3 aromatic rings. The fourth-order valence-corrected chi connectivity index (χ4v) is 4.30. The third-order valence-corrected chi connectivity index (χ3v) is 5.98. The van der Waals surface area contributed by atoms with Crippen molar-refractivity contribution in [3.63, 3.8) is 0 Å². The van der Waals surface area contributed by atoms with Crippen LogP contribution in [0.25, 0.3) is 0 Å². The van der Waals surface area contributed by atoms with Crippen LogP contribution in [0.1, 0.15) is 24.4 Å². The van der Waals surface area contributed by atoms with Crippen LogP contribution in [0.15, 0.2) is 53.7 Å². The summed E-state index contributed by atoms with van der Waals surface area (Å²) in [7, 11) is 0. The minimum absolute atomic E-state index is 0.229. The lowest BCUT2D eigenvalue weighted by Crippen LogP contribution is -2.41. The van der Waals surface area contributed by atoms with Crippen LogP contribution in [0, 0.1) is 5.82 Å². The first kappa shape index (κ1) is 18.8. The number of halogens is 2. The van der Waals surface area contributed by atoms with Crippen LogP contribution in [0.5, 0.6) is 0 Å². The number of benzene rings is 2. The maximum Gasteiger partial charge on any atom is 0.240 e. The highest BCUT2D eigenvalue weighted by Crippen LogP contribution is 2.38. The molecule has 1 amide bonds. The standard InChI is InChI=1S/C19H17ClFN5OS/c1-2-15-23-24-19-26(15)25-16(11-7-9-12(21)10-8-11)17(28-19)18(27)22-14-6-4-3-5-13(14)20/h3-10,16-17,25H,2H2,1H3,(H,22,27)/t16-,17-/m1/s1. The number of fused-ring (bicyclic) bond motifs is 1. The number of anilines is 1. The van der Waals surface area contributed by atoms with E-state index in [-0.39, 0.29) is 11.7 Å². The monoisotopic (exact) mass is 417 g/mol. The molecule has 2 heterocycles. The Labute approximate surface area is 170 Å². The third kappa shape index (κ3) is 3.57. The van der Waals surface area contributed by atoms with Gasteiger partial charge in [-0.25, -0.2) is 9.07 Å². The van der Waals surface area contributed by atoms with Gasteiger partial charge in [0.05, 0.1) is 16.8 Å². The van der Waals surface area contributed by atoms with E-state index in [1.165, 1.54) is 23.9 Å². The Morgan fingerprint density at radius 3 is 2.71 bits per heavy atom.